The Balaban J connectivity index is 0.000000186. The molecule has 2 aromatic carbocycles. The average Bonchev–Trinajstić information content (AvgIpc) is 3.07. The fourth-order valence-electron chi connectivity index (χ4n) is 4.73. The molecule has 2 aromatic rings. The molecule has 33 heavy (non-hydrogen) atoms. The highest BCUT2D eigenvalue weighted by Crippen LogP contribution is 2.32. The number of carboxylic acids is 2. The fourth-order valence-corrected chi connectivity index (χ4v) is 4.73. The second kappa shape index (κ2) is 12.8. The van der Waals surface area contributed by atoms with Crippen LogP contribution in [0.15, 0.2) is 71.8 Å². The van der Waals surface area contributed by atoms with Crippen molar-refractivity contribution in [1.29, 1.82) is 0 Å². The van der Waals surface area contributed by atoms with Crippen molar-refractivity contribution < 1.29 is 19.8 Å². The highest BCUT2D eigenvalue weighted by molar-refractivity contribution is 5.97. The van der Waals surface area contributed by atoms with Crippen LogP contribution in [0.3, 0.4) is 0 Å². The van der Waals surface area contributed by atoms with Crippen molar-refractivity contribution in [2.45, 2.75) is 70.6 Å². The van der Waals surface area contributed by atoms with Crippen molar-refractivity contribution >= 4 is 23.1 Å². The summed E-state index contributed by atoms with van der Waals surface area (Å²) < 4.78 is 0. The highest BCUT2D eigenvalue weighted by Gasteiger charge is 2.18. The summed E-state index contributed by atoms with van der Waals surface area (Å²) in [4.78, 5) is 22.6. The van der Waals surface area contributed by atoms with Crippen LogP contribution in [0.5, 0.6) is 0 Å². The molecule has 4 rings (SSSR count). The minimum absolute atomic E-state index is 0.615. The Hall–Kier alpha value is -3.14. The summed E-state index contributed by atoms with van der Waals surface area (Å²) in [7, 11) is 0. The van der Waals surface area contributed by atoms with Gasteiger partial charge in [-0.05, 0) is 73.6 Å². The second-order valence-electron chi connectivity index (χ2n) is 8.73. The lowest BCUT2D eigenvalue weighted by Crippen LogP contribution is -2.06. The van der Waals surface area contributed by atoms with Crippen LogP contribution in [0.2, 0.25) is 0 Å². The molecule has 0 radical (unpaired) electrons. The number of benzene rings is 2. The number of rotatable bonds is 4. The molecule has 0 heterocycles. The van der Waals surface area contributed by atoms with E-state index in [9.17, 15) is 19.8 Å². The minimum Gasteiger partial charge on any atom is -0.478 e. The van der Waals surface area contributed by atoms with Crippen LogP contribution in [-0.2, 0) is 9.59 Å². The van der Waals surface area contributed by atoms with E-state index < -0.39 is 11.9 Å². The van der Waals surface area contributed by atoms with E-state index in [0.29, 0.717) is 24.0 Å². The molecule has 0 atom stereocenters. The monoisotopic (exact) mass is 446 g/mol. The number of carboxylic acid groups (broad SMARTS) is 2. The normalized spacial score (nSPS) is 19.4. The van der Waals surface area contributed by atoms with Crippen LogP contribution in [0, 0.1) is 0 Å². The lowest BCUT2D eigenvalue weighted by molar-refractivity contribution is -0.133. The number of hydrogen-bond donors (Lipinski definition) is 2. The van der Waals surface area contributed by atoms with E-state index in [1.807, 2.05) is 60.7 Å². The van der Waals surface area contributed by atoms with Gasteiger partial charge in [0.05, 0.1) is 0 Å². The molecule has 4 heteroatoms. The lowest BCUT2D eigenvalue weighted by atomic mass is 9.89. The van der Waals surface area contributed by atoms with E-state index >= 15 is 0 Å². The van der Waals surface area contributed by atoms with Crippen LogP contribution in [0.1, 0.15) is 81.8 Å². The van der Waals surface area contributed by atoms with Crippen molar-refractivity contribution in [1.82, 2.24) is 0 Å². The van der Waals surface area contributed by atoms with Crippen molar-refractivity contribution in [2.24, 2.45) is 0 Å². The molecular weight excluding hydrogens is 412 g/mol. The van der Waals surface area contributed by atoms with E-state index in [-0.39, 0.29) is 0 Å². The third-order valence-electron chi connectivity index (χ3n) is 6.45. The van der Waals surface area contributed by atoms with Gasteiger partial charge in [-0.3, -0.25) is 0 Å². The molecule has 0 aromatic heterocycles. The first-order chi connectivity index (χ1) is 16.1. The van der Waals surface area contributed by atoms with Crippen LogP contribution in [0.4, 0.5) is 0 Å². The van der Waals surface area contributed by atoms with Crippen LogP contribution < -0.4 is 0 Å². The zero-order chi connectivity index (χ0) is 23.5. The van der Waals surface area contributed by atoms with Crippen molar-refractivity contribution in [3.05, 3.63) is 82.9 Å². The van der Waals surface area contributed by atoms with Crippen molar-refractivity contribution in [3.8, 4) is 0 Å². The van der Waals surface area contributed by atoms with Gasteiger partial charge in [0, 0.05) is 11.1 Å². The molecule has 0 bridgehead atoms. The van der Waals surface area contributed by atoms with E-state index in [1.165, 1.54) is 6.42 Å². The molecule has 2 N–H and O–H groups in total. The molecule has 4 nitrogen and oxygen atoms in total. The van der Waals surface area contributed by atoms with Crippen molar-refractivity contribution in [2.75, 3.05) is 0 Å². The predicted octanol–water partition coefficient (Wildman–Crippen LogP) is 7.37. The van der Waals surface area contributed by atoms with Gasteiger partial charge in [-0.1, -0.05) is 79.9 Å². The summed E-state index contributed by atoms with van der Waals surface area (Å²) >= 11 is 0. The molecule has 174 valence electrons. The zero-order valence-electron chi connectivity index (χ0n) is 19.3. The first-order valence-electron chi connectivity index (χ1n) is 12.1. The molecule has 0 saturated heterocycles. The smallest absolute Gasteiger partial charge is 0.331 e. The SMILES string of the molecule is O=C(O)/C1=C(\c2ccccc2)CCCCCC1.O=C(O)C1=C(c2ccccc2)CCCCC1. The van der Waals surface area contributed by atoms with Gasteiger partial charge in [0.1, 0.15) is 0 Å². The van der Waals surface area contributed by atoms with Gasteiger partial charge in [-0.15, -0.1) is 0 Å². The molecule has 0 unspecified atom stereocenters. The molecular formula is C29H34O4. The molecule has 0 fully saturated rings. The van der Waals surface area contributed by atoms with Gasteiger partial charge in [0.15, 0.2) is 0 Å². The maximum Gasteiger partial charge on any atom is 0.331 e. The maximum absolute atomic E-state index is 11.3. The Labute approximate surface area is 196 Å². The summed E-state index contributed by atoms with van der Waals surface area (Å²) in [6, 6.07) is 19.8. The first-order valence-corrected chi connectivity index (χ1v) is 12.1. The largest absolute Gasteiger partial charge is 0.478 e. The van der Waals surface area contributed by atoms with E-state index in [4.69, 9.17) is 0 Å². The molecule has 0 amide bonds. The average molecular weight is 447 g/mol. The van der Waals surface area contributed by atoms with E-state index in [1.54, 1.807) is 0 Å². The molecule has 2 aliphatic rings. The third-order valence-corrected chi connectivity index (χ3v) is 6.45. The standard InChI is InChI=1S/C15H18O2.C14H16O2/c16-15(17)14-11-7-2-1-6-10-13(14)12-8-4-3-5-9-12;15-14(16)13-10-6-2-5-9-12(13)11-7-3-1-4-8-11/h3-5,8-9H,1-2,6-7,10-11H2,(H,16,17);1,3-4,7-8H,2,5-6,9-10H2,(H,15,16)/b14-13-;. The summed E-state index contributed by atoms with van der Waals surface area (Å²) in [5.74, 6) is -1.49. The Bertz CT molecular complexity index is 987. The lowest BCUT2D eigenvalue weighted by Gasteiger charge is -2.16. The minimum atomic E-state index is -0.749. The molecule has 2 aliphatic carbocycles. The number of hydrogen-bond acceptors (Lipinski definition) is 2. The Morgan fingerprint density at radius 3 is 1.18 bits per heavy atom. The fraction of sp³-hybridized carbons (Fsp3) is 0.379. The highest BCUT2D eigenvalue weighted by atomic mass is 16.4. The quantitative estimate of drug-likeness (QED) is 0.514. The molecule has 0 spiro atoms. The summed E-state index contributed by atoms with van der Waals surface area (Å²) in [6.07, 6.45) is 10.9. The van der Waals surface area contributed by atoms with Gasteiger partial charge in [0.2, 0.25) is 0 Å². The Kier molecular flexibility index (Phi) is 9.49. The molecule has 0 saturated carbocycles. The van der Waals surface area contributed by atoms with Gasteiger partial charge in [0.25, 0.3) is 0 Å². The van der Waals surface area contributed by atoms with Gasteiger partial charge < -0.3 is 10.2 Å². The topological polar surface area (TPSA) is 74.6 Å². The Morgan fingerprint density at radius 2 is 0.818 bits per heavy atom. The van der Waals surface area contributed by atoms with Crippen LogP contribution in [0.25, 0.3) is 11.1 Å². The van der Waals surface area contributed by atoms with Gasteiger partial charge in [-0.25, -0.2) is 9.59 Å². The maximum atomic E-state index is 11.3. The summed E-state index contributed by atoms with van der Waals surface area (Å²) in [5.41, 5.74) is 5.46. The second-order valence-corrected chi connectivity index (χ2v) is 8.73. The Morgan fingerprint density at radius 1 is 0.485 bits per heavy atom. The first kappa shape index (κ1) is 24.5. The number of carbonyl (C=O) groups is 2. The summed E-state index contributed by atoms with van der Waals surface area (Å²) in [6.45, 7) is 0. The summed E-state index contributed by atoms with van der Waals surface area (Å²) in [5, 5.41) is 18.6. The van der Waals surface area contributed by atoms with E-state index in [2.05, 4.69) is 0 Å². The number of aliphatic carboxylic acids is 2. The van der Waals surface area contributed by atoms with Crippen LogP contribution >= 0.6 is 0 Å². The van der Waals surface area contributed by atoms with Crippen molar-refractivity contribution in [3.63, 3.8) is 0 Å². The third kappa shape index (κ3) is 7.18. The van der Waals surface area contributed by atoms with Gasteiger partial charge >= 0.3 is 11.9 Å². The number of allylic oxidation sites excluding steroid dienone is 2. The van der Waals surface area contributed by atoms with Gasteiger partial charge in [-0.2, -0.15) is 0 Å². The van der Waals surface area contributed by atoms with Crippen LogP contribution in [-0.4, -0.2) is 22.2 Å². The predicted molar refractivity (Wildman–Crippen MR) is 133 cm³/mol. The van der Waals surface area contributed by atoms with E-state index in [0.717, 1.165) is 73.6 Å². The zero-order valence-corrected chi connectivity index (χ0v) is 19.3. The molecule has 0 aliphatic heterocycles.